The molecular formula is C26H34Cl2N2O3S. The Morgan fingerprint density at radius 2 is 1.76 bits per heavy atom. The summed E-state index contributed by atoms with van der Waals surface area (Å²) in [5.41, 5.74) is 3.65. The summed E-state index contributed by atoms with van der Waals surface area (Å²) in [6.45, 7) is 3.56. The third kappa shape index (κ3) is 6.57. The van der Waals surface area contributed by atoms with Crippen LogP contribution in [0.2, 0.25) is 0 Å². The zero-order valence-corrected chi connectivity index (χ0v) is 22.5. The van der Waals surface area contributed by atoms with Gasteiger partial charge in [-0.15, -0.1) is 36.2 Å². The summed E-state index contributed by atoms with van der Waals surface area (Å²) in [5, 5.41) is 3.55. The fourth-order valence-corrected chi connectivity index (χ4v) is 5.32. The molecule has 8 heteroatoms. The largest absolute Gasteiger partial charge is 0.493 e. The quantitative estimate of drug-likeness (QED) is 0.383. The predicted molar refractivity (Wildman–Crippen MR) is 146 cm³/mol. The Bertz CT molecular complexity index is 1090. The molecule has 1 aliphatic rings. The molecule has 1 amide bonds. The Balaban J connectivity index is 0.00000204. The van der Waals surface area contributed by atoms with Crippen LogP contribution in [-0.4, -0.2) is 63.2 Å². The highest BCUT2D eigenvalue weighted by Crippen LogP contribution is 2.32. The smallest absolute Gasteiger partial charge is 0.227 e. The van der Waals surface area contributed by atoms with Gasteiger partial charge in [-0.1, -0.05) is 12.1 Å². The van der Waals surface area contributed by atoms with Crippen molar-refractivity contribution in [1.29, 1.82) is 0 Å². The molecule has 2 heterocycles. The number of rotatable bonds is 9. The van der Waals surface area contributed by atoms with Gasteiger partial charge in [-0.2, -0.15) is 0 Å². The van der Waals surface area contributed by atoms with Gasteiger partial charge in [0.05, 0.1) is 20.6 Å². The van der Waals surface area contributed by atoms with E-state index in [1.54, 1.807) is 25.6 Å². The monoisotopic (exact) mass is 524 g/mol. The summed E-state index contributed by atoms with van der Waals surface area (Å²) in [7, 11) is 5.45. The molecule has 1 aromatic heterocycles. The van der Waals surface area contributed by atoms with Gasteiger partial charge < -0.3 is 19.3 Å². The van der Waals surface area contributed by atoms with E-state index >= 15 is 0 Å². The molecular weight excluding hydrogens is 491 g/mol. The Labute approximate surface area is 218 Å². The third-order valence-electron chi connectivity index (χ3n) is 6.37. The van der Waals surface area contributed by atoms with Gasteiger partial charge in [0.25, 0.3) is 0 Å². The predicted octanol–water partition coefficient (Wildman–Crippen LogP) is 5.25. The lowest BCUT2D eigenvalue weighted by Crippen LogP contribution is -2.35. The molecule has 0 radical (unpaired) electrons. The second-order valence-corrected chi connectivity index (χ2v) is 9.39. The topological polar surface area (TPSA) is 42.0 Å². The Kier molecular flexibility index (Phi) is 11.0. The summed E-state index contributed by atoms with van der Waals surface area (Å²) in [4.78, 5) is 17.2. The first kappa shape index (κ1) is 28.2. The lowest BCUT2D eigenvalue weighted by atomic mass is 10.0. The van der Waals surface area contributed by atoms with Gasteiger partial charge in [0, 0.05) is 24.3 Å². The zero-order valence-electron chi connectivity index (χ0n) is 20.0. The third-order valence-corrected chi connectivity index (χ3v) is 7.25. The molecule has 0 saturated carbocycles. The van der Waals surface area contributed by atoms with Crippen molar-refractivity contribution >= 4 is 52.1 Å². The summed E-state index contributed by atoms with van der Waals surface area (Å²) in [6.07, 6.45) is 3.30. The number of ether oxygens (including phenoxy) is 2. The molecule has 0 saturated heterocycles. The van der Waals surface area contributed by atoms with Gasteiger partial charge in [-0.05, 0) is 84.6 Å². The molecule has 4 rings (SSSR count). The maximum atomic E-state index is 12.9. The SMILES string of the molecule is COc1cc2c(cc1OC)CC(=O)N(CCCN(C)CCc1cccc3sccc13)CC2.Cl.Cl. The molecule has 0 aliphatic carbocycles. The number of likely N-dealkylation sites (N-methyl/N-ethyl adjacent to an activating group) is 1. The minimum atomic E-state index is 0. The highest BCUT2D eigenvalue weighted by atomic mass is 35.5. The van der Waals surface area contributed by atoms with Crippen LogP contribution in [0.3, 0.4) is 0 Å². The van der Waals surface area contributed by atoms with Crippen molar-refractivity contribution in [1.82, 2.24) is 9.80 Å². The van der Waals surface area contributed by atoms with Crippen LogP contribution in [0, 0.1) is 0 Å². The number of carbonyl (C=O) groups is 1. The van der Waals surface area contributed by atoms with Crippen LogP contribution in [0.5, 0.6) is 11.5 Å². The van der Waals surface area contributed by atoms with Gasteiger partial charge in [0.1, 0.15) is 0 Å². The molecule has 5 nitrogen and oxygen atoms in total. The molecule has 0 atom stereocenters. The van der Waals surface area contributed by atoms with Crippen molar-refractivity contribution in [2.75, 3.05) is 47.4 Å². The molecule has 2 aromatic carbocycles. The standard InChI is InChI=1S/C26H32N2O3S.2ClH/c1-27(13-8-19-6-4-7-25-22(19)10-15-32-25)11-5-12-28-14-9-20-16-23(30-2)24(31-3)17-21(20)18-26(28)29;;/h4,6-7,10,15-17H,5,8-9,11-14,18H2,1-3H3;2*1H. The van der Waals surface area contributed by atoms with Gasteiger partial charge in [0.15, 0.2) is 11.5 Å². The van der Waals surface area contributed by atoms with E-state index in [1.807, 2.05) is 17.0 Å². The lowest BCUT2D eigenvalue weighted by Gasteiger charge is -2.23. The van der Waals surface area contributed by atoms with Crippen LogP contribution in [0.4, 0.5) is 0 Å². The van der Waals surface area contributed by atoms with Gasteiger partial charge in [-0.3, -0.25) is 4.79 Å². The highest BCUT2D eigenvalue weighted by Gasteiger charge is 2.22. The second kappa shape index (κ2) is 13.2. The number of carbonyl (C=O) groups excluding carboxylic acids is 1. The maximum Gasteiger partial charge on any atom is 0.227 e. The van der Waals surface area contributed by atoms with E-state index in [1.165, 1.54) is 21.2 Å². The van der Waals surface area contributed by atoms with Crippen LogP contribution in [0.15, 0.2) is 41.8 Å². The Morgan fingerprint density at radius 1 is 1.03 bits per heavy atom. The Morgan fingerprint density at radius 3 is 2.50 bits per heavy atom. The molecule has 186 valence electrons. The normalized spacial score (nSPS) is 13.2. The van der Waals surface area contributed by atoms with Crippen molar-refractivity contribution in [3.8, 4) is 11.5 Å². The second-order valence-electron chi connectivity index (χ2n) is 8.44. The van der Waals surface area contributed by atoms with Crippen molar-refractivity contribution in [3.05, 3.63) is 58.5 Å². The maximum absolute atomic E-state index is 12.9. The number of methoxy groups -OCH3 is 2. The number of benzene rings is 2. The molecule has 3 aromatic rings. The van der Waals surface area contributed by atoms with Gasteiger partial charge in [-0.25, -0.2) is 0 Å². The molecule has 0 fully saturated rings. The van der Waals surface area contributed by atoms with E-state index in [2.05, 4.69) is 41.6 Å². The fourth-order valence-electron chi connectivity index (χ4n) is 4.48. The average molecular weight is 526 g/mol. The summed E-state index contributed by atoms with van der Waals surface area (Å²) in [6, 6.07) is 12.8. The van der Waals surface area contributed by atoms with Crippen LogP contribution >= 0.6 is 36.2 Å². The number of hydrogen-bond acceptors (Lipinski definition) is 5. The molecule has 0 N–H and O–H groups in total. The number of halogens is 2. The number of fused-ring (bicyclic) bond motifs is 2. The van der Waals surface area contributed by atoms with Crippen LogP contribution in [-0.2, 0) is 24.1 Å². The number of nitrogens with zero attached hydrogens (tertiary/aromatic N) is 2. The number of hydrogen-bond donors (Lipinski definition) is 0. The summed E-state index contributed by atoms with van der Waals surface area (Å²) in [5.74, 6) is 1.61. The van der Waals surface area contributed by atoms with Crippen LogP contribution in [0.1, 0.15) is 23.1 Å². The first-order valence-electron chi connectivity index (χ1n) is 11.2. The molecule has 0 unspecified atom stereocenters. The number of amides is 1. The van der Waals surface area contributed by atoms with Gasteiger partial charge in [0.2, 0.25) is 5.91 Å². The van der Waals surface area contributed by atoms with E-state index < -0.39 is 0 Å². The van der Waals surface area contributed by atoms with E-state index in [0.29, 0.717) is 12.2 Å². The molecule has 34 heavy (non-hydrogen) atoms. The van der Waals surface area contributed by atoms with E-state index in [0.717, 1.165) is 56.8 Å². The number of thiophene rings is 1. The average Bonchev–Trinajstić information content (AvgIpc) is 3.23. The van der Waals surface area contributed by atoms with E-state index in [-0.39, 0.29) is 30.7 Å². The van der Waals surface area contributed by atoms with E-state index in [4.69, 9.17) is 9.47 Å². The van der Waals surface area contributed by atoms with Crippen LogP contribution in [0.25, 0.3) is 10.1 Å². The minimum Gasteiger partial charge on any atom is -0.493 e. The zero-order chi connectivity index (χ0) is 22.5. The Hall–Kier alpha value is -1.99. The van der Waals surface area contributed by atoms with Crippen molar-refractivity contribution in [2.45, 2.75) is 25.7 Å². The summed E-state index contributed by atoms with van der Waals surface area (Å²) >= 11 is 1.80. The first-order chi connectivity index (χ1) is 15.6. The van der Waals surface area contributed by atoms with Crippen LogP contribution < -0.4 is 9.47 Å². The minimum absolute atomic E-state index is 0. The van der Waals surface area contributed by atoms with E-state index in [9.17, 15) is 4.79 Å². The van der Waals surface area contributed by atoms with Crippen molar-refractivity contribution < 1.29 is 14.3 Å². The van der Waals surface area contributed by atoms with Gasteiger partial charge >= 0.3 is 0 Å². The summed E-state index contributed by atoms with van der Waals surface area (Å²) < 4.78 is 12.2. The van der Waals surface area contributed by atoms with Crippen molar-refractivity contribution in [3.63, 3.8) is 0 Å². The van der Waals surface area contributed by atoms with Crippen molar-refractivity contribution in [2.24, 2.45) is 0 Å². The lowest BCUT2D eigenvalue weighted by molar-refractivity contribution is -0.130. The molecule has 1 aliphatic heterocycles. The fraction of sp³-hybridized carbons (Fsp3) is 0.423. The first-order valence-corrected chi connectivity index (χ1v) is 12.1. The highest BCUT2D eigenvalue weighted by molar-refractivity contribution is 7.17. The molecule has 0 spiro atoms. The molecule has 0 bridgehead atoms.